The average Bonchev–Trinajstić information content (AvgIpc) is 2.20. The van der Waals surface area contributed by atoms with Gasteiger partial charge in [0.15, 0.2) is 5.79 Å². The van der Waals surface area contributed by atoms with Gasteiger partial charge in [-0.05, 0) is 44.5 Å². The molecule has 0 aromatic heterocycles. The van der Waals surface area contributed by atoms with Gasteiger partial charge in [0.25, 0.3) is 0 Å². The fourth-order valence-electron chi connectivity index (χ4n) is 1.83. The van der Waals surface area contributed by atoms with Gasteiger partial charge in [-0.3, -0.25) is 0 Å². The molecule has 0 radical (unpaired) electrons. The van der Waals surface area contributed by atoms with Crippen LogP contribution in [0, 0.1) is 6.92 Å². The second-order valence-electron chi connectivity index (χ2n) is 4.88. The Hall–Kier alpha value is -0.580. The normalized spacial score (nSPS) is 20.2. The Morgan fingerprint density at radius 1 is 1.24 bits per heavy atom. The number of rotatable bonds is 2. The summed E-state index contributed by atoms with van der Waals surface area (Å²) in [5.74, 6) is -0.453. The number of nitrogens with one attached hydrogen (secondary N) is 1. The Kier molecular flexibility index (Phi) is 3.76. The monoisotopic (exact) mass is 299 g/mol. The Morgan fingerprint density at radius 3 is 2.47 bits per heavy atom. The summed E-state index contributed by atoms with van der Waals surface area (Å²) in [6, 6.07) is 6.47. The van der Waals surface area contributed by atoms with Gasteiger partial charge < -0.3 is 14.8 Å². The van der Waals surface area contributed by atoms with Crippen LogP contribution in [0.25, 0.3) is 0 Å². The van der Waals surface area contributed by atoms with E-state index in [2.05, 4.69) is 46.4 Å². The maximum Gasteiger partial charge on any atom is 0.162 e. The van der Waals surface area contributed by atoms with Gasteiger partial charge in [-0.25, -0.2) is 0 Å². The lowest BCUT2D eigenvalue weighted by atomic mass is 10.2. The van der Waals surface area contributed by atoms with Gasteiger partial charge in [0.2, 0.25) is 0 Å². The lowest BCUT2D eigenvalue weighted by molar-refractivity contribution is -0.247. The largest absolute Gasteiger partial charge is 0.378 e. The Balaban J connectivity index is 1.97. The van der Waals surface area contributed by atoms with Crippen molar-refractivity contribution >= 4 is 21.6 Å². The van der Waals surface area contributed by atoms with Gasteiger partial charge in [-0.15, -0.1) is 0 Å². The van der Waals surface area contributed by atoms with Crippen LogP contribution < -0.4 is 5.32 Å². The number of halogens is 1. The summed E-state index contributed by atoms with van der Waals surface area (Å²) in [4.78, 5) is 0. The number of hydrogen-bond acceptors (Lipinski definition) is 3. The second kappa shape index (κ2) is 4.96. The van der Waals surface area contributed by atoms with Crippen LogP contribution in [-0.4, -0.2) is 25.0 Å². The molecule has 1 fully saturated rings. The number of hydrogen-bond donors (Lipinski definition) is 1. The van der Waals surface area contributed by atoms with Gasteiger partial charge in [-0.1, -0.05) is 15.9 Å². The minimum Gasteiger partial charge on any atom is -0.378 e. The predicted octanol–water partition coefficient (Wildman–Crippen LogP) is 3.32. The van der Waals surface area contributed by atoms with Crippen molar-refractivity contribution in [2.24, 2.45) is 0 Å². The molecule has 0 atom stereocenters. The molecule has 0 bridgehead atoms. The molecule has 0 unspecified atom stereocenters. The van der Waals surface area contributed by atoms with E-state index in [9.17, 15) is 0 Å². The Morgan fingerprint density at radius 2 is 1.88 bits per heavy atom. The van der Waals surface area contributed by atoms with E-state index < -0.39 is 5.79 Å². The van der Waals surface area contributed by atoms with E-state index >= 15 is 0 Å². The molecule has 1 N–H and O–H groups in total. The summed E-state index contributed by atoms with van der Waals surface area (Å²) >= 11 is 3.49. The molecule has 1 aliphatic heterocycles. The fraction of sp³-hybridized carbons (Fsp3) is 0.538. The van der Waals surface area contributed by atoms with Gasteiger partial charge in [0, 0.05) is 10.2 Å². The van der Waals surface area contributed by atoms with Crippen molar-refractivity contribution in [1.29, 1.82) is 0 Å². The summed E-state index contributed by atoms with van der Waals surface area (Å²) in [5.41, 5.74) is 2.31. The highest BCUT2D eigenvalue weighted by atomic mass is 79.9. The molecular weight excluding hydrogens is 282 g/mol. The number of benzene rings is 1. The maximum absolute atomic E-state index is 5.61. The van der Waals surface area contributed by atoms with Crippen LogP contribution >= 0.6 is 15.9 Å². The first-order valence-electron chi connectivity index (χ1n) is 5.76. The van der Waals surface area contributed by atoms with E-state index in [4.69, 9.17) is 9.47 Å². The van der Waals surface area contributed by atoms with Crippen molar-refractivity contribution in [2.45, 2.75) is 32.6 Å². The molecule has 1 saturated heterocycles. The Bertz CT molecular complexity index is 376. The van der Waals surface area contributed by atoms with Crippen molar-refractivity contribution in [3.8, 4) is 0 Å². The molecule has 1 heterocycles. The highest BCUT2D eigenvalue weighted by molar-refractivity contribution is 9.10. The summed E-state index contributed by atoms with van der Waals surface area (Å²) in [6.45, 7) is 7.28. The summed E-state index contributed by atoms with van der Waals surface area (Å²) in [6.07, 6.45) is 0. The van der Waals surface area contributed by atoms with Crippen LogP contribution in [0.5, 0.6) is 0 Å². The van der Waals surface area contributed by atoms with E-state index in [1.807, 2.05) is 13.8 Å². The molecule has 0 spiro atoms. The molecule has 17 heavy (non-hydrogen) atoms. The zero-order valence-corrected chi connectivity index (χ0v) is 12.0. The lowest BCUT2D eigenvalue weighted by Gasteiger charge is -2.35. The molecule has 1 aromatic rings. The van der Waals surface area contributed by atoms with Gasteiger partial charge >= 0.3 is 0 Å². The van der Waals surface area contributed by atoms with E-state index in [1.165, 1.54) is 5.56 Å². The molecular formula is C13H18BrNO2. The zero-order chi connectivity index (χ0) is 12.5. The molecule has 4 heteroatoms. The highest BCUT2D eigenvalue weighted by Gasteiger charge is 2.28. The maximum atomic E-state index is 5.61. The number of ether oxygens (including phenoxy) is 2. The average molecular weight is 300 g/mol. The topological polar surface area (TPSA) is 30.5 Å². The number of aryl methyl sites for hydroxylation is 1. The minimum atomic E-state index is -0.453. The molecule has 0 amide bonds. The first-order chi connectivity index (χ1) is 7.94. The molecule has 1 aromatic carbocycles. The van der Waals surface area contributed by atoms with Crippen LogP contribution in [0.2, 0.25) is 0 Å². The molecule has 0 aliphatic carbocycles. The van der Waals surface area contributed by atoms with Crippen molar-refractivity contribution in [3.63, 3.8) is 0 Å². The lowest BCUT2D eigenvalue weighted by Crippen LogP contribution is -2.45. The van der Waals surface area contributed by atoms with Crippen molar-refractivity contribution in [2.75, 3.05) is 18.5 Å². The van der Waals surface area contributed by atoms with E-state index in [0.717, 1.165) is 10.2 Å². The molecule has 2 rings (SSSR count). The third-order valence-electron chi connectivity index (χ3n) is 2.68. The van der Waals surface area contributed by atoms with E-state index in [-0.39, 0.29) is 6.04 Å². The third kappa shape index (κ3) is 3.69. The first kappa shape index (κ1) is 12.9. The van der Waals surface area contributed by atoms with Crippen molar-refractivity contribution < 1.29 is 9.47 Å². The van der Waals surface area contributed by atoms with Gasteiger partial charge in [0.05, 0.1) is 19.3 Å². The molecule has 94 valence electrons. The van der Waals surface area contributed by atoms with Crippen LogP contribution in [0.1, 0.15) is 19.4 Å². The van der Waals surface area contributed by atoms with Crippen LogP contribution in [0.3, 0.4) is 0 Å². The fourth-order valence-corrected chi connectivity index (χ4v) is 2.44. The summed E-state index contributed by atoms with van der Waals surface area (Å²) < 4.78 is 12.3. The van der Waals surface area contributed by atoms with Crippen molar-refractivity contribution in [1.82, 2.24) is 0 Å². The highest BCUT2D eigenvalue weighted by Crippen LogP contribution is 2.22. The van der Waals surface area contributed by atoms with Crippen molar-refractivity contribution in [3.05, 3.63) is 28.2 Å². The standard InChI is InChI=1S/C13H18BrNO2/c1-9-4-10(14)6-11(5-9)15-12-7-16-13(2,3)17-8-12/h4-6,12,15H,7-8H2,1-3H3. The van der Waals surface area contributed by atoms with E-state index in [1.54, 1.807) is 0 Å². The number of anilines is 1. The summed E-state index contributed by atoms with van der Waals surface area (Å²) in [7, 11) is 0. The van der Waals surface area contributed by atoms with Crippen LogP contribution in [0.4, 0.5) is 5.69 Å². The second-order valence-corrected chi connectivity index (χ2v) is 5.80. The quantitative estimate of drug-likeness (QED) is 0.909. The smallest absolute Gasteiger partial charge is 0.162 e. The molecule has 0 saturated carbocycles. The SMILES string of the molecule is Cc1cc(Br)cc(NC2COC(C)(C)OC2)c1. The minimum absolute atomic E-state index is 0.205. The first-order valence-corrected chi connectivity index (χ1v) is 6.55. The Labute approximate surface area is 111 Å². The van der Waals surface area contributed by atoms with Crippen LogP contribution in [0.15, 0.2) is 22.7 Å². The van der Waals surface area contributed by atoms with Gasteiger partial charge in [0.1, 0.15) is 0 Å². The predicted molar refractivity (Wildman–Crippen MR) is 72.3 cm³/mol. The zero-order valence-electron chi connectivity index (χ0n) is 10.4. The third-order valence-corrected chi connectivity index (χ3v) is 3.13. The molecule has 3 nitrogen and oxygen atoms in total. The van der Waals surface area contributed by atoms with Gasteiger partial charge in [-0.2, -0.15) is 0 Å². The molecule has 1 aliphatic rings. The van der Waals surface area contributed by atoms with Crippen LogP contribution in [-0.2, 0) is 9.47 Å². The van der Waals surface area contributed by atoms with E-state index in [0.29, 0.717) is 13.2 Å². The summed E-state index contributed by atoms with van der Waals surface area (Å²) in [5, 5.41) is 3.42.